The van der Waals surface area contributed by atoms with Crippen LogP contribution in [0.25, 0.3) is 0 Å². The number of hydrogen-bond donors (Lipinski definition) is 0. The van der Waals surface area contributed by atoms with E-state index in [1.807, 2.05) is 6.07 Å². The fourth-order valence-corrected chi connectivity index (χ4v) is 2.57. The molecule has 0 N–H and O–H groups in total. The smallest absolute Gasteiger partial charge is 0.147 e. The Morgan fingerprint density at radius 3 is 2.76 bits per heavy atom. The van der Waals surface area contributed by atoms with Crippen molar-refractivity contribution >= 4 is 5.69 Å². The summed E-state index contributed by atoms with van der Waals surface area (Å²) in [5.74, 6) is 0.424. The van der Waals surface area contributed by atoms with Crippen LogP contribution in [0.5, 0.6) is 0 Å². The second-order valence-electron chi connectivity index (χ2n) is 4.95. The molecule has 1 aliphatic heterocycles. The van der Waals surface area contributed by atoms with E-state index in [0.717, 1.165) is 19.4 Å². The molecule has 0 bridgehead atoms. The average Bonchev–Trinajstić information content (AvgIpc) is 2.30. The maximum atomic E-state index is 13.9. The van der Waals surface area contributed by atoms with Crippen LogP contribution >= 0.6 is 0 Å². The number of piperidine rings is 1. The van der Waals surface area contributed by atoms with Gasteiger partial charge in [0, 0.05) is 12.6 Å². The third-order valence-corrected chi connectivity index (χ3v) is 3.52. The maximum absolute atomic E-state index is 13.9. The molecule has 17 heavy (non-hydrogen) atoms. The Balaban J connectivity index is 2.25. The molecular weight excluding hydrogens is 215 g/mol. The maximum Gasteiger partial charge on any atom is 0.147 e. The largest absolute Gasteiger partial charge is 0.366 e. The van der Waals surface area contributed by atoms with Crippen molar-refractivity contribution in [2.45, 2.75) is 32.7 Å². The molecule has 0 saturated carbocycles. The summed E-state index contributed by atoms with van der Waals surface area (Å²) in [7, 11) is 0. The Labute approximate surface area is 102 Å². The van der Waals surface area contributed by atoms with Crippen molar-refractivity contribution in [1.29, 1.82) is 5.26 Å². The highest BCUT2D eigenvalue weighted by Crippen LogP contribution is 2.29. The van der Waals surface area contributed by atoms with Gasteiger partial charge in [-0.3, -0.25) is 0 Å². The molecule has 0 spiro atoms. The van der Waals surface area contributed by atoms with Crippen molar-refractivity contribution in [2.24, 2.45) is 5.92 Å². The van der Waals surface area contributed by atoms with E-state index in [4.69, 9.17) is 5.26 Å². The van der Waals surface area contributed by atoms with E-state index in [2.05, 4.69) is 18.7 Å². The number of halogens is 1. The molecule has 0 radical (unpaired) electrons. The van der Waals surface area contributed by atoms with E-state index in [9.17, 15) is 4.39 Å². The van der Waals surface area contributed by atoms with Gasteiger partial charge in [-0.1, -0.05) is 6.92 Å². The van der Waals surface area contributed by atoms with E-state index in [-0.39, 0.29) is 5.82 Å². The summed E-state index contributed by atoms with van der Waals surface area (Å²) in [6, 6.07) is 7.05. The fourth-order valence-electron chi connectivity index (χ4n) is 2.57. The Bertz CT molecular complexity index is 450. The Kier molecular flexibility index (Phi) is 3.33. The summed E-state index contributed by atoms with van der Waals surface area (Å²) in [5.41, 5.74) is 1.01. The monoisotopic (exact) mass is 232 g/mol. The Hall–Kier alpha value is -1.56. The van der Waals surface area contributed by atoms with E-state index < -0.39 is 0 Å². The topological polar surface area (TPSA) is 27.0 Å². The van der Waals surface area contributed by atoms with Gasteiger partial charge >= 0.3 is 0 Å². The normalized spacial score (nSPS) is 24.5. The van der Waals surface area contributed by atoms with Crippen molar-refractivity contribution < 1.29 is 4.39 Å². The first kappa shape index (κ1) is 11.9. The fraction of sp³-hybridized carbons (Fsp3) is 0.500. The highest BCUT2D eigenvalue weighted by atomic mass is 19.1. The number of nitriles is 1. The molecule has 1 heterocycles. The highest BCUT2D eigenvalue weighted by Gasteiger charge is 2.24. The van der Waals surface area contributed by atoms with E-state index in [1.54, 1.807) is 12.1 Å². The Morgan fingerprint density at radius 2 is 2.18 bits per heavy atom. The molecule has 90 valence electrons. The number of rotatable bonds is 1. The molecule has 1 aliphatic rings. The van der Waals surface area contributed by atoms with Crippen LogP contribution in [-0.2, 0) is 0 Å². The second kappa shape index (κ2) is 4.75. The van der Waals surface area contributed by atoms with Crippen molar-refractivity contribution in [3.8, 4) is 6.07 Å². The van der Waals surface area contributed by atoms with Crippen molar-refractivity contribution in [3.05, 3.63) is 29.6 Å². The molecule has 3 heteroatoms. The third-order valence-electron chi connectivity index (χ3n) is 3.52. The van der Waals surface area contributed by atoms with Crippen molar-refractivity contribution in [3.63, 3.8) is 0 Å². The molecule has 1 aromatic carbocycles. The van der Waals surface area contributed by atoms with Crippen molar-refractivity contribution in [2.75, 3.05) is 11.4 Å². The lowest BCUT2D eigenvalue weighted by molar-refractivity contribution is 0.375. The minimum atomic E-state index is -0.287. The standard InChI is InChI=1S/C14H17FN2/c1-10-5-6-17(11(2)7-10)14-4-3-12(9-16)8-13(14)15/h3-4,8,10-11H,5-7H2,1-2H3. The van der Waals surface area contributed by atoms with Gasteiger partial charge in [0.15, 0.2) is 0 Å². The molecule has 2 atom stereocenters. The van der Waals surface area contributed by atoms with Crippen LogP contribution in [-0.4, -0.2) is 12.6 Å². The van der Waals surface area contributed by atoms with Gasteiger partial charge in [-0.25, -0.2) is 4.39 Å². The van der Waals surface area contributed by atoms with Crippen LogP contribution in [0.3, 0.4) is 0 Å². The van der Waals surface area contributed by atoms with E-state index in [0.29, 0.717) is 23.2 Å². The first-order chi connectivity index (χ1) is 8.11. The number of anilines is 1. The molecule has 2 rings (SSSR count). The van der Waals surface area contributed by atoms with Crippen LogP contribution < -0.4 is 4.90 Å². The average molecular weight is 232 g/mol. The first-order valence-electron chi connectivity index (χ1n) is 6.08. The predicted molar refractivity (Wildman–Crippen MR) is 66.3 cm³/mol. The lowest BCUT2D eigenvalue weighted by Crippen LogP contribution is -2.40. The zero-order valence-corrected chi connectivity index (χ0v) is 10.3. The molecule has 0 aromatic heterocycles. The number of benzene rings is 1. The van der Waals surface area contributed by atoms with Gasteiger partial charge in [0.05, 0.1) is 17.3 Å². The van der Waals surface area contributed by atoms with Crippen LogP contribution in [0.2, 0.25) is 0 Å². The SMILES string of the molecule is CC1CCN(c2ccc(C#N)cc2F)C(C)C1. The van der Waals surface area contributed by atoms with Crippen LogP contribution in [0.15, 0.2) is 18.2 Å². The Morgan fingerprint density at radius 1 is 1.41 bits per heavy atom. The minimum absolute atomic E-state index is 0.287. The van der Waals surface area contributed by atoms with Gasteiger partial charge in [0.25, 0.3) is 0 Å². The summed E-state index contributed by atoms with van der Waals surface area (Å²) < 4.78 is 13.9. The van der Waals surface area contributed by atoms with Gasteiger partial charge in [0.2, 0.25) is 0 Å². The van der Waals surface area contributed by atoms with Gasteiger partial charge < -0.3 is 4.90 Å². The van der Waals surface area contributed by atoms with Crippen LogP contribution in [0.4, 0.5) is 10.1 Å². The molecule has 1 saturated heterocycles. The molecule has 2 unspecified atom stereocenters. The first-order valence-corrected chi connectivity index (χ1v) is 6.08. The van der Waals surface area contributed by atoms with Gasteiger partial charge in [-0.15, -0.1) is 0 Å². The summed E-state index contributed by atoms with van der Waals surface area (Å²) in [6.07, 6.45) is 2.20. The van der Waals surface area contributed by atoms with E-state index in [1.165, 1.54) is 6.07 Å². The van der Waals surface area contributed by atoms with Gasteiger partial charge in [0.1, 0.15) is 5.82 Å². The summed E-state index contributed by atoms with van der Waals surface area (Å²) in [4.78, 5) is 2.11. The van der Waals surface area contributed by atoms with E-state index >= 15 is 0 Å². The molecule has 1 aromatic rings. The molecule has 0 aliphatic carbocycles. The number of nitrogens with zero attached hydrogens (tertiary/aromatic N) is 2. The lowest BCUT2D eigenvalue weighted by Gasteiger charge is -2.38. The third kappa shape index (κ3) is 2.41. The zero-order valence-electron chi connectivity index (χ0n) is 10.3. The molecular formula is C14H17FN2. The molecule has 0 amide bonds. The highest BCUT2D eigenvalue weighted by molar-refractivity contribution is 5.52. The second-order valence-corrected chi connectivity index (χ2v) is 4.95. The predicted octanol–water partition coefficient (Wildman–Crippen LogP) is 3.32. The zero-order chi connectivity index (χ0) is 12.4. The summed E-state index contributed by atoms with van der Waals surface area (Å²) in [5, 5.41) is 8.72. The van der Waals surface area contributed by atoms with Crippen molar-refractivity contribution in [1.82, 2.24) is 0 Å². The minimum Gasteiger partial charge on any atom is -0.366 e. The summed E-state index contributed by atoms with van der Waals surface area (Å²) >= 11 is 0. The van der Waals surface area contributed by atoms with Crippen LogP contribution in [0.1, 0.15) is 32.3 Å². The quantitative estimate of drug-likeness (QED) is 0.742. The van der Waals surface area contributed by atoms with Crippen LogP contribution in [0, 0.1) is 23.1 Å². The lowest BCUT2D eigenvalue weighted by atomic mass is 9.93. The summed E-state index contributed by atoms with van der Waals surface area (Å²) in [6.45, 7) is 5.27. The van der Waals surface area contributed by atoms with Gasteiger partial charge in [-0.2, -0.15) is 5.26 Å². The molecule has 2 nitrogen and oxygen atoms in total. The number of hydrogen-bond acceptors (Lipinski definition) is 2. The van der Waals surface area contributed by atoms with Gasteiger partial charge in [-0.05, 0) is 43.9 Å². The molecule has 1 fully saturated rings.